The summed E-state index contributed by atoms with van der Waals surface area (Å²) >= 11 is 0. The minimum Gasteiger partial charge on any atom is -0.384 e. The van der Waals surface area contributed by atoms with Crippen LogP contribution in [-0.2, 0) is 4.74 Å². The second-order valence-electron chi connectivity index (χ2n) is 7.16. The Morgan fingerprint density at radius 1 is 1.33 bits per heavy atom. The van der Waals surface area contributed by atoms with Gasteiger partial charge in [-0.05, 0) is 38.1 Å². The standard InChI is InChI=1S/C19H23N5O3/c1-27-12-19(6-8-20-9-7-19)11-21-17(25)14-10-22-24-15-5-3-2-4-13(15)18(26)23-16(14)24/h2-5,10,20H,6-9,11-12H2,1H3,(H,21,25)(H,23,26). The zero-order valence-electron chi connectivity index (χ0n) is 15.2. The van der Waals surface area contributed by atoms with Crippen molar-refractivity contribution in [3.8, 4) is 0 Å². The summed E-state index contributed by atoms with van der Waals surface area (Å²) in [5, 5.41) is 11.2. The summed E-state index contributed by atoms with van der Waals surface area (Å²) in [6.45, 7) is 2.95. The highest BCUT2D eigenvalue weighted by atomic mass is 16.5. The Hall–Kier alpha value is -2.71. The van der Waals surface area contributed by atoms with Gasteiger partial charge in [0.1, 0.15) is 11.2 Å². The summed E-state index contributed by atoms with van der Waals surface area (Å²) in [5.74, 6) is -0.245. The van der Waals surface area contributed by atoms with E-state index in [1.807, 2.05) is 12.1 Å². The summed E-state index contributed by atoms with van der Waals surface area (Å²) in [6, 6.07) is 7.19. The Morgan fingerprint density at radius 3 is 2.89 bits per heavy atom. The van der Waals surface area contributed by atoms with Gasteiger partial charge in [0.15, 0.2) is 0 Å². The Balaban J connectivity index is 1.62. The number of hydrogen-bond donors (Lipinski definition) is 3. The lowest BCUT2D eigenvalue weighted by Gasteiger charge is -2.37. The number of carbonyl (C=O) groups is 1. The molecule has 1 fully saturated rings. The lowest BCUT2D eigenvalue weighted by atomic mass is 9.79. The van der Waals surface area contributed by atoms with Crippen molar-refractivity contribution in [2.45, 2.75) is 12.8 Å². The molecule has 3 aromatic rings. The molecular weight excluding hydrogens is 346 g/mol. The number of ether oxygens (including phenoxy) is 1. The predicted octanol–water partition coefficient (Wildman–Crippen LogP) is 0.922. The molecule has 3 N–H and O–H groups in total. The van der Waals surface area contributed by atoms with Crippen LogP contribution in [0.25, 0.3) is 16.6 Å². The van der Waals surface area contributed by atoms with Crippen LogP contribution in [0.15, 0.2) is 35.3 Å². The van der Waals surface area contributed by atoms with Crippen LogP contribution in [0.2, 0.25) is 0 Å². The fourth-order valence-electron chi connectivity index (χ4n) is 3.84. The maximum absolute atomic E-state index is 12.8. The molecule has 142 valence electrons. The van der Waals surface area contributed by atoms with Gasteiger partial charge < -0.3 is 20.4 Å². The number of hydrogen-bond acceptors (Lipinski definition) is 5. The maximum Gasteiger partial charge on any atom is 0.259 e. The van der Waals surface area contributed by atoms with Crippen LogP contribution in [0.4, 0.5) is 0 Å². The minimum atomic E-state index is -0.245. The van der Waals surface area contributed by atoms with Crippen LogP contribution in [0.3, 0.4) is 0 Å². The van der Waals surface area contributed by atoms with E-state index in [-0.39, 0.29) is 16.9 Å². The Kier molecular flexibility index (Phi) is 4.67. The average Bonchev–Trinajstić information content (AvgIpc) is 3.11. The van der Waals surface area contributed by atoms with Crippen LogP contribution in [0.1, 0.15) is 23.2 Å². The van der Waals surface area contributed by atoms with Gasteiger partial charge in [-0.3, -0.25) is 9.59 Å². The number of para-hydroxylation sites is 1. The molecule has 2 aromatic heterocycles. The molecule has 0 unspecified atom stereocenters. The molecule has 3 heterocycles. The molecule has 27 heavy (non-hydrogen) atoms. The molecule has 1 aliphatic heterocycles. The van der Waals surface area contributed by atoms with E-state index in [1.54, 1.807) is 23.8 Å². The number of benzene rings is 1. The van der Waals surface area contributed by atoms with E-state index in [9.17, 15) is 9.59 Å². The highest BCUT2D eigenvalue weighted by Gasteiger charge is 2.33. The number of aromatic amines is 1. The smallest absolute Gasteiger partial charge is 0.259 e. The largest absolute Gasteiger partial charge is 0.384 e. The van der Waals surface area contributed by atoms with E-state index in [4.69, 9.17) is 4.74 Å². The van der Waals surface area contributed by atoms with Crippen molar-refractivity contribution < 1.29 is 9.53 Å². The van der Waals surface area contributed by atoms with E-state index in [0.29, 0.717) is 35.3 Å². The first-order chi connectivity index (χ1) is 13.1. The van der Waals surface area contributed by atoms with Crippen molar-refractivity contribution in [2.75, 3.05) is 33.4 Å². The van der Waals surface area contributed by atoms with Gasteiger partial charge in [0.05, 0.1) is 23.7 Å². The SMILES string of the molecule is COCC1(CNC(=O)c2cnn3c2[nH]c(=O)c2ccccc23)CCNCC1. The number of H-pyrrole nitrogens is 1. The molecule has 0 saturated carbocycles. The normalized spacial score (nSPS) is 16.6. The lowest BCUT2D eigenvalue weighted by molar-refractivity contribution is 0.0512. The second-order valence-corrected chi connectivity index (χ2v) is 7.16. The minimum absolute atomic E-state index is 0.0707. The van der Waals surface area contributed by atoms with Crippen LogP contribution in [0, 0.1) is 5.41 Å². The number of piperidine rings is 1. The summed E-state index contributed by atoms with van der Waals surface area (Å²) in [7, 11) is 1.69. The van der Waals surface area contributed by atoms with Crippen LogP contribution >= 0.6 is 0 Å². The number of fused-ring (bicyclic) bond motifs is 3. The van der Waals surface area contributed by atoms with E-state index < -0.39 is 0 Å². The van der Waals surface area contributed by atoms with Gasteiger partial charge >= 0.3 is 0 Å². The molecule has 8 heteroatoms. The van der Waals surface area contributed by atoms with Gasteiger partial charge in [0.2, 0.25) is 0 Å². The molecule has 8 nitrogen and oxygen atoms in total. The number of amides is 1. The summed E-state index contributed by atoms with van der Waals surface area (Å²) in [5.41, 5.74) is 1.13. The molecular formula is C19H23N5O3. The zero-order valence-corrected chi connectivity index (χ0v) is 15.2. The average molecular weight is 369 g/mol. The molecule has 0 aliphatic carbocycles. The summed E-state index contributed by atoms with van der Waals surface area (Å²) in [4.78, 5) is 28.0. The van der Waals surface area contributed by atoms with Gasteiger partial charge in [-0.15, -0.1) is 0 Å². The second kappa shape index (κ2) is 7.13. The Morgan fingerprint density at radius 2 is 2.11 bits per heavy atom. The first-order valence-corrected chi connectivity index (χ1v) is 9.10. The molecule has 4 rings (SSSR count). The number of nitrogens with zero attached hydrogens (tertiary/aromatic N) is 2. The first-order valence-electron chi connectivity index (χ1n) is 9.10. The number of carbonyl (C=O) groups excluding carboxylic acids is 1. The van der Waals surface area contributed by atoms with E-state index in [0.717, 1.165) is 25.9 Å². The number of rotatable bonds is 5. The molecule has 0 bridgehead atoms. The molecule has 1 saturated heterocycles. The van der Waals surface area contributed by atoms with Crippen LogP contribution in [-0.4, -0.2) is 53.9 Å². The fourth-order valence-corrected chi connectivity index (χ4v) is 3.84. The van der Waals surface area contributed by atoms with Crippen molar-refractivity contribution in [2.24, 2.45) is 5.41 Å². The van der Waals surface area contributed by atoms with E-state index in [2.05, 4.69) is 20.7 Å². The quantitative estimate of drug-likeness (QED) is 0.621. The fraction of sp³-hybridized carbons (Fsp3) is 0.421. The molecule has 1 amide bonds. The van der Waals surface area contributed by atoms with Crippen LogP contribution < -0.4 is 16.2 Å². The van der Waals surface area contributed by atoms with E-state index in [1.165, 1.54) is 6.20 Å². The van der Waals surface area contributed by atoms with Crippen molar-refractivity contribution in [1.82, 2.24) is 25.2 Å². The number of nitrogens with one attached hydrogen (secondary N) is 3. The topological polar surface area (TPSA) is 101 Å². The first kappa shape index (κ1) is 17.7. The maximum atomic E-state index is 12.8. The number of aromatic nitrogens is 3. The molecule has 0 atom stereocenters. The van der Waals surface area contributed by atoms with Crippen molar-refractivity contribution >= 4 is 22.5 Å². The van der Waals surface area contributed by atoms with Gasteiger partial charge in [-0.25, -0.2) is 4.52 Å². The van der Waals surface area contributed by atoms with Crippen molar-refractivity contribution in [1.29, 1.82) is 0 Å². The Bertz CT molecular complexity index is 1030. The third-order valence-electron chi connectivity index (χ3n) is 5.36. The van der Waals surface area contributed by atoms with Gasteiger partial charge in [0, 0.05) is 19.1 Å². The van der Waals surface area contributed by atoms with Gasteiger partial charge in [-0.2, -0.15) is 5.10 Å². The summed E-state index contributed by atoms with van der Waals surface area (Å²) < 4.78 is 7.00. The van der Waals surface area contributed by atoms with Gasteiger partial charge in [0.25, 0.3) is 11.5 Å². The lowest BCUT2D eigenvalue weighted by Crippen LogP contribution is -2.47. The molecule has 0 radical (unpaired) electrons. The highest BCUT2D eigenvalue weighted by molar-refractivity contribution is 6.00. The third kappa shape index (κ3) is 3.22. The Labute approximate surface area is 155 Å². The monoisotopic (exact) mass is 369 g/mol. The molecule has 1 aliphatic rings. The third-order valence-corrected chi connectivity index (χ3v) is 5.36. The van der Waals surface area contributed by atoms with Crippen LogP contribution in [0.5, 0.6) is 0 Å². The molecule has 0 spiro atoms. The van der Waals surface area contributed by atoms with Crippen molar-refractivity contribution in [3.63, 3.8) is 0 Å². The summed E-state index contributed by atoms with van der Waals surface area (Å²) in [6.07, 6.45) is 3.38. The molecule has 1 aromatic carbocycles. The van der Waals surface area contributed by atoms with E-state index >= 15 is 0 Å². The highest BCUT2D eigenvalue weighted by Crippen LogP contribution is 2.28. The van der Waals surface area contributed by atoms with Gasteiger partial charge in [-0.1, -0.05) is 12.1 Å². The zero-order chi connectivity index (χ0) is 18.9. The van der Waals surface area contributed by atoms with Crippen molar-refractivity contribution in [3.05, 3.63) is 46.4 Å². The number of methoxy groups -OCH3 is 1. The predicted molar refractivity (Wildman–Crippen MR) is 102 cm³/mol.